The van der Waals surface area contributed by atoms with Crippen LogP contribution in [0.4, 0.5) is 0 Å². The Bertz CT molecular complexity index is 431. The van der Waals surface area contributed by atoms with E-state index < -0.39 is 11.9 Å². The summed E-state index contributed by atoms with van der Waals surface area (Å²) in [7, 11) is 1.42. The molecule has 0 spiro atoms. The van der Waals surface area contributed by atoms with Gasteiger partial charge in [0.05, 0.1) is 0 Å². The highest BCUT2D eigenvalue weighted by Gasteiger charge is 2.12. The molecule has 90 valence electrons. The van der Waals surface area contributed by atoms with E-state index in [4.69, 9.17) is 10.5 Å². The number of nitrogens with zero attached hydrogens (tertiary/aromatic N) is 1. The van der Waals surface area contributed by atoms with E-state index in [1.807, 2.05) is 0 Å². The molecular weight excluding hydrogens is 222 g/mol. The molecule has 0 aromatic heterocycles. The molecule has 1 rings (SSSR count). The van der Waals surface area contributed by atoms with Crippen molar-refractivity contribution in [2.45, 2.75) is 0 Å². The van der Waals surface area contributed by atoms with Crippen molar-refractivity contribution in [3.05, 3.63) is 35.9 Å². The molecule has 1 aromatic rings. The highest BCUT2D eigenvalue weighted by Crippen LogP contribution is 1.98. The van der Waals surface area contributed by atoms with Crippen molar-refractivity contribution in [3.8, 4) is 0 Å². The van der Waals surface area contributed by atoms with Crippen LogP contribution in [0.5, 0.6) is 0 Å². The number of benzene rings is 1. The number of carboxylic acid groups (broad SMARTS) is 1. The van der Waals surface area contributed by atoms with Crippen molar-refractivity contribution in [1.29, 1.82) is 5.41 Å². The van der Waals surface area contributed by atoms with Crippen molar-refractivity contribution in [2.24, 2.45) is 0 Å². The third-order valence-electron chi connectivity index (χ3n) is 2.02. The van der Waals surface area contributed by atoms with E-state index in [1.54, 1.807) is 30.3 Å². The molecule has 0 aliphatic rings. The van der Waals surface area contributed by atoms with Crippen molar-refractivity contribution in [2.75, 3.05) is 13.6 Å². The van der Waals surface area contributed by atoms with Crippen molar-refractivity contribution in [3.63, 3.8) is 0 Å². The standard InChI is InChI=1S/C11H13N3O3/c1-14(7-9(15)16)11(12)13-10(17)8-5-3-2-4-6-8/h2-6H,7H2,1H3,(H,15,16)(H2,12,13,17). The fraction of sp³-hybridized carbons (Fsp3) is 0.182. The van der Waals surface area contributed by atoms with Gasteiger partial charge < -0.3 is 10.0 Å². The summed E-state index contributed by atoms with van der Waals surface area (Å²) in [6.07, 6.45) is 0. The molecule has 6 nitrogen and oxygen atoms in total. The lowest BCUT2D eigenvalue weighted by Gasteiger charge is -2.17. The molecule has 0 fully saturated rings. The van der Waals surface area contributed by atoms with Gasteiger partial charge in [-0.1, -0.05) is 18.2 Å². The maximum absolute atomic E-state index is 11.6. The molecule has 0 atom stereocenters. The van der Waals surface area contributed by atoms with Crippen molar-refractivity contribution in [1.82, 2.24) is 10.2 Å². The fourth-order valence-electron chi connectivity index (χ4n) is 1.15. The number of hydrogen-bond donors (Lipinski definition) is 3. The highest BCUT2D eigenvalue weighted by molar-refractivity contribution is 6.05. The zero-order valence-corrected chi connectivity index (χ0v) is 9.30. The SMILES string of the molecule is CN(CC(=O)O)C(=N)NC(=O)c1ccccc1. The Morgan fingerprint density at radius 3 is 2.47 bits per heavy atom. The molecule has 0 aliphatic carbocycles. The fourth-order valence-corrected chi connectivity index (χ4v) is 1.15. The van der Waals surface area contributed by atoms with E-state index in [0.717, 1.165) is 4.90 Å². The summed E-state index contributed by atoms with van der Waals surface area (Å²) in [5.74, 6) is -1.75. The first-order valence-electron chi connectivity index (χ1n) is 4.88. The maximum atomic E-state index is 11.6. The highest BCUT2D eigenvalue weighted by atomic mass is 16.4. The largest absolute Gasteiger partial charge is 0.480 e. The van der Waals surface area contributed by atoms with Crippen LogP contribution < -0.4 is 5.32 Å². The number of carbonyl (C=O) groups excluding carboxylic acids is 1. The first-order chi connectivity index (χ1) is 8.00. The lowest BCUT2D eigenvalue weighted by Crippen LogP contribution is -2.43. The zero-order chi connectivity index (χ0) is 12.8. The second-order valence-electron chi connectivity index (χ2n) is 3.42. The van der Waals surface area contributed by atoms with Gasteiger partial charge in [0.2, 0.25) is 0 Å². The Kier molecular flexibility index (Phi) is 4.21. The van der Waals surface area contributed by atoms with Crippen molar-refractivity contribution < 1.29 is 14.7 Å². The number of carboxylic acids is 1. The number of rotatable bonds is 3. The van der Waals surface area contributed by atoms with Gasteiger partial charge in [-0.3, -0.25) is 20.3 Å². The monoisotopic (exact) mass is 235 g/mol. The van der Waals surface area contributed by atoms with E-state index in [2.05, 4.69) is 5.32 Å². The van der Waals surface area contributed by atoms with Gasteiger partial charge in [0.1, 0.15) is 6.54 Å². The molecule has 3 N–H and O–H groups in total. The van der Waals surface area contributed by atoms with Gasteiger partial charge in [-0.25, -0.2) is 0 Å². The average Bonchev–Trinajstić information content (AvgIpc) is 2.29. The molecular formula is C11H13N3O3. The van der Waals surface area contributed by atoms with Crippen LogP contribution in [0.15, 0.2) is 30.3 Å². The minimum Gasteiger partial charge on any atom is -0.480 e. The zero-order valence-electron chi connectivity index (χ0n) is 9.30. The molecule has 0 bridgehead atoms. The summed E-state index contributed by atoms with van der Waals surface area (Å²) in [6, 6.07) is 8.41. The van der Waals surface area contributed by atoms with Crippen LogP contribution >= 0.6 is 0 Å². The molecule has 0 aliphatic heterocycles. The Balaban J connectivity index is 2.58. The minimum atomic E-state index is -1.06. The second-order valence-corrected chi connectivity index (χ2v) is 3.42. The Labute approximate surface area is 98.4 Å². The van der Waals surface area contributed by atoms with Gasteiger partial charge in [0, 0.05) is 12.6 Å². The predicted molar refractivity (Wildman–Crippen MR) is 61.9 cm³/mol. The summed E-state index contributed by atoms with van der Waals surface area (Å²) in [5.41, 5.74) is 0.418. The lowest BCUT2D eigenvalue weighted by molar-refractivity contribution is -0.137. The number of nitrogens with one attached hydrogen (secondary N) is 2. The van der Waals surface area contributed by atoms with E-state index in [-0.39, 0.29) is 12.5 Å². The molecule has 0 saturated heterocycles. The van der Waals surface area contributed by atoms with Crippen LogP contribution in [0.2, 0.25) is 0 Å². The molecule has 0 radical (unpaired) electrons. The van der Waals surface area contributed by atoms with Crippen LogP contribution in [0.3, 0.4) is 0 Å². The summed E-state index contributed by atoms with van der Waals surface area (Å²) in [4.78, 5) is 23.2. The van der Waals surface area contributed by atoms with Gasteiger partial charge >= 0.3 is 5.97 Å². The van der Waals surface area contributed by atoms with Crippen LogP contribution in [0.1, 0.15) is 10.4 Å². The van der Waals surface area contributed by atoms with E-state index >= 15 is 0 Å². The van der Waals surface area contributed by atoms with Crippen LogP contribution in [-0.4, -0.2) is 41.4 Å². The van der Waals surface area contributed by atoms with E-state index in [1.165, 1.54) is 7.05 Å². The van der Waals surface area contributed by atoms with Crippen LogP contribution in [0.25, 0.3) is 0 Å². The first kappa shape index (κ1) is 12.7. The number of hydrogen-bond acceptors (Lipinski definition) is 3. The Morgan fingerprint density at radius 1 is 1.35 bits per heavy atom. The molecule has 1 amide bonds. The number of likely N-dealkylation sites (N-methyl/N-ethyl adjacent to an activating group) is 1. The quantitative estimate of drug-likeness (QED) is 0.521. The summed E-state index contributed by atoms with van der Waals surface area (Å²) < 4.78 is 0. The molecule has 0 unspecified atom stereocenters. The second kappa shape index (κ2) is 5.64. The molecule has 17 heavy (non-hydrogen) atoms. The van der Waals surface area contributed by atoms with E-state index in [0.29, 0.717) is 5.56 Å². The summed E-state index contributed by atoms with van der Waals surface area (Å²) in [6.45, 7) is -0.339. The molecule has 0 heterocycles. The summed E-state index contributed by atoms with van der Waals surface area (Å²) >= 11 is 0. The summed E-state index contributed by atoms with van der Waals surface area (Å²) in [5, 5.41) is 18.3. The van der Waals surface area contributed by atoms with E-state index in [9.17, 15) is 9.59 Å². The average molecular weight is 235 g/mol. The number of guanidine groups is 1. The van der Waals surface area contributed by atoms with Crippen LogP contribution in [0, 0.1) is 5.41 Å². The lowest BCUT2D eigenvalue weighted by atomic mass is 10.2. The molecule has 6 heteroatoms. The molecule has 0 saturated carbocycles. The van der Waals surface area contributed by atoms with Gasteiger partial charge in [-0.05, 0) is 12.1 Å². The number of aliphatic carboxylic acids is 1. The number of carbonyl (C=O) groups is 2. The van der Waals surface area contributed by atoms with Crippen molar-refractivity contribution >= 4 is 17.8 Å². The van der Waals surface area contributed by atoms with Gasteiger partial charge in [0.25, 0.3) is 5.91 Å². The van der Waals surface area contributed by atoms with Gasteiger partial charge in [-0.15, -0.1) is 0 Å². The third kappa shape index (κ3) is 3.94. The normalized spacial score (nSPS) is 9.47. The smallest absolute Gasteiger partial charge is 0.323 e. The van der Waals surface area contributed by atoms with Gasteiger partial charge in [-0.2, -0.15) is 0 Å². The molecule has 1 aromatic carbocycles. The third-order valence-corrected chi connectivity index (χ3v) is 2.02. The number of amides is 1. The van der Waals surface area contributed by atoms with Crippen LogP contribution in [-0.2, 0) is 4.79 Å². The predicted octanol–water partition coefficient (Wildman–Crippen LogP) is 0.368. The Hall–Kier alpha value is -2.37. The minimum absolute atomic E-state index is 0.249. The Morgan fingerprint density at radius 2 is 1.94 bits per heavy atom. The topological polar surface area (TPSA) is 93.5 Å². The first-order valence-corrected chi connectivity index (χ1v) is 4.88. The van der Waals surface area contributed by atoms with Gasteiger partial charge in [0.15, 0.2) is 5.96 Å². The maximum Gasteiger partial charge on any atom is 0.323 e.